The van der Waals surface area contributed by atoms with Gasteiger partial charge >= 0.3 is 0 Å². The van der Waals surface area contributed by atoms with E-state index >= 15 is 0 Å². The number of hydrogen-bond acceptors (Lipinski definition) is 2. The quantitative estimate of drug-likeness (QED) is 0.592. The molecule has 2 aromatic rings. The Kier molecular flexibility index (Phi) is 2.59. The summed E-state index contributed by atoms with van der Waals surface area (Å²) in [5, 5.41) is 1.04. The zero-order chi connectivity index (χ0) is 10.7. The first kappa shape index (κ1) is 9.59. The second-order valence-electron chi connectivity index (χ2n) is 3.33. The molecule has 1 heterocycles. The molecule has 0 saturated heterocycles. The van der Waals surface area contributed by atoms with Crippen molar-refractivity contribution in [3.05, 3.63) is 48.3 Å². The van der Waals surface area contributed by atoms with Crippen LogP contribution in [-0.2, 0) is 0 Å². The molecule has 0 fully saturated rings. The molecule has 0 spiro atoms. The highest BCUT2D eigenvalue weighted by atomic mass is 16.3. The van der Waals surface area contributed by atoms with Gasteiger partial charge in [-0.05, 0) is 37.3 Å². The molecule has 0 aliphatic heterocycles. The minimum atomic E-state index is 0.757. The standard InChI is InChI=1S/C13H13NO/c1-2-3-4-5-12-9-10-8-11(14)6-7-13(10)15-12/h2-9H,14H2,1H3/b3-2-,5-4-. The summed E-state index contributed by atoms with van der Waals surface area (Å²) in [7, 11) is 0. The van der Waals surface area contributed by atoms with E-state index in [0.29, 0.717) is 0 Å². The lowest BCUT2D eigenvalue weighted by molar-refractivity contribution is 0.604. The Morgan fingerprint density at radius 2 is 2.07 bits per heavy atom. The lowest BCUT2D eigenvalue weighted by Crippen LogP contribution is -1.80. The summed E-state index contributed by atoms with van der Waals surface area (Å²) in [6.07, 6.45) is 7.80. The number of benzene rings is 1. The molecule has 2 nitrogen and oxygen atoms in total. The van der Waals surface area contributed by atoms with E-state index in [2.05, 4.69) is 0 Å². The van der Waals surface area contributed by atoms with Crippen molar-refractivity contribution in [3.63, 3.8) is 0 Å². The Balaban J connectivity index is 2.38. The lowest BCUT2D eigenvalue weighted by Gasteiger charge is -1.89. The van der Waals surface area contributed by atoms with E-state index in [9.17, 15) is 0 Å². The van der Waals surface area contributed by atoms with E-state index < -0.39 is 0 Å². The lowest BCUT2D eigenvalue weighted by atomic mass is 10.2. The maximum atomic E-state index is 5.68. The molecule has 0 bridgehead atoms. The highest BCUT2D eigenvalue weighted by Crippen LogP contribution is 2.22. The highest BCUT2D eigenvalue weighted by molar-refractivity contribution is 5.83. The van der Waals surface area contributed by atoms with Gasteiger partial charge in [-0.1, -0.05) is 18.2 Å². The number of anilines is 1. The van der Waals surface area contributed by atoms with Crippen LogP contribution in [0.3, 0.4) is 0 Å². The molecular weight excluding hydrogens is 186 g/mol. The summed E-state index contributed by atoms with van der Waals surface area (Å²) in [6.45, 7) is 1.98. The zero-order valence-corrected chi connectivity index (χ0v) is 8.60. The number of furan rings is 1. The predicted octanol–water partition coefficient (Wildman–Crippen LogP) is 3.60. The molecule has 0 radical (unpaired) electrons. The van der Waals surface area contributed by atoms with Crippen LogP contribution in [0, 0.1) is 0 Å². The molecule has 2 rings (SSSR count). The Hall–Kier alpha value is -1.96. The van der Waals surface area contributed by atoms with Gasteiger partial charge in [0.25, 0.3) is 0 Å². The van der Waals surface area contributed by atoms with Gasteiger partial charge in [-0.25, -0.2) is 0 Å². The number of allylic oxidation sites excluding steroid dienone is 3. The average molecular weight is 199 g/mol. The third kappa shape index (κ3) is 2.10. The molecule has 0 aliphatic rings. The van der Waals surface area contributed by atoms with Crippen LogP contribution < -0.4 is 5.73 Å². The van der Waals surface area contributed by atoms with Gasteiger partial charge in [-0.15, -0.1) is 0 Å². The predicted molar refractivity (Wildman–Crippen MR) is 64.5 cm³/mol. The van der Waals surface area contributed by atoms with Crippen molar-refractivity contribution in [3.8, 4) is 0 Å². The van der Waals surface area contributed by atoms with Crippen LogP contribution in [0.2, 0.25) is 0 Å². The molecule has 1 aromatic heterocycles. The monoisotopic (exact) mass is 199 g/mol. The fourth-order valence-corrected chi connectivity index (χ4v) is 1.43. The Morgan fingerprint density at radius 3 is 2.87 bits per heavy atom. The minimum Gasteiger partial charge on any atom is -0.457 e. The summed E-state index contributed by atoms with van der Waals surface area (Å²) in [5.74, 6) is 0.841. The largest absolute Gasteiger partial charge is 0.457 e. The van der Waals surface area contributed by atoms with Crippen molar-refractivity contribution in [2.24, 2.45) is 0 Å². The molecule has 0 unspecified atom stereocenters. The molecule has 0 saturated carbocycles. The van der Waals surface area contributed by atoms with Gasteiger partial charge in [0.05, 0.1) is 0 Å². The summed E-state index contributed by atoms with van der Waals surface area (Å²) < 4.78 is 5.59. The maximum Gasteiger partial charge on any atom is 0.134 e. The smallest absolute Gasteiger partial charge is 0.134 e. The Labute approximate surface area is 88.7 Å². The number of nitrogen functional groups attached to an aromatic ring is 1. The van der Waals surface area contributed by atoms with E-state index in [0.717, 1.165) is 22.4 Å². The Bertz CT molecular complexity index is 520. The van der Waals surface area contributed by atoms with E-state index in [1.165, 1.54) is 0 Å². The molecule has 2 heteroatoms. The summed E-state index contributed by atoms with van der Waals surface area (Å²) >= 11 is 0. The number of rotatable bonds is 2. The number of fused-ring (bicyclic) bond motifs is 1. The van der Waals surface area contributed by atoms with Crippen LogP contribution in [0.1, 0.15) is 12.7 Å². The maximum absolute atomic E-state index is 5.68. The molecule has 0 atom stereocenters. The SMILES string of the molecule is C/C=C\C=C/c1cc2cc(N)ccc2o1. The zero-order valence-electron chi connectivity index (χ0n) is 8.60. The van der Waals surface area contributed by atoms with Gasteiger partial charge in [0, 0.05) is 11.1 Å². The van der Waals surface area contributed by atoms with Gasteiger partial charge in [-0.3, -0.25) is 0 Å². The van der Waals surface area contributed by atoms with Gasteiger partial charge in [0.15, 0.2) is 0 Å². The van der Waals surface area contributed by atoms with Gasteiger partial charge in [0.1, 0.15) is 11.3 Å². The van der Waals surface area contributed by atoms with E-state index in [1.807, 2.05) is 55.5 Å². The molecule has 15 heavy (non-hydrogen) atoms. The van der Waals surface area contributed by atoms with Crippen molar-refractivity contribution >= 4 is 22.7 Å². The molecule has 0 amide bonds. The van der Waals surface area contributed by atoms with E-state index in [1.54, 1.807) is 0 Å². The first-order valence-electron chi connectivity index (χ1n) is 4.88. The summed E-state index contributed by atoms with van der Waals surface area (Å²) in [6, 6.07) is 7.61. The van der Waals surface area contributed by atoms with Crippen molar-refractivity contribution in [1.82, 2.24) is 0 Å². The van der Waals surface area contributed by atoms with Crippen LogP contribution in [0.15, 0.2) is 46.9 Å². The Morgan fingerprint density at radius 1 is 1.20 bits per heavy atom. The molecular formula is C13H13NO. The van der Waals surface area contributed by atoms with Crippen molar-refractivity contribution in [1.29, 1.82) is 0 Å². The van der Waals surface area contributed by atoms with Crippen molar-refractivity contribution < 1.29 is 4.42 Å². The molecule has 1 aromatic carbocycles. The normalized spacial score (nSPS) is 12.1. The van der Waals surface area contributed by atoms with Crippen LogP contribution in [0.25, 0.3) is 17.0 Å². The van der Waals surface area contributed by atoms with Crippen molar-refractivity contribution in [2.75, 3.05) is 5.73 Å². The summed E-state index contributed by atoms with van der Waals surface area (Å²) in [5.41, 5.74) is 7.31. The number of nitrogens with two attached hydrogens (primary N) is 1. The van der Waals surface area contributed by atoms with E-state index in [4.69, 9.17) is 10.2 Å². The van der Waals surface area contributed by atoms with Gasteiger partial charge in [-0.2, -0.15) is 0 Å². The number of hydrogen-bond donors (Lipinski definition) is 1. The minimum absolute atomic E-state index is 0.757. The fourth-order valence-electron chi connectivity index (χ4n) is 1.43. The van der Waals surface area contributed by atoms with E-state index in [-0.39, 0.29) is 0 Å². The van der Waals surface area contributed by atoms with Gasteiger partial charge in [0.2, 0.25) is 0 Å². The third-order valence-electron chi connectivity index (χ3n) is 2.12. The fraction of sp³-hybridized carbons (Fsp3) is 0.0769. The average Bonchev–Trinajstić information content (AvgIpc) is 2.60. The molecule has 0 aliphatic carbocycles. The first-order chi connectivity index (χ1) is 7.29. The topological polar surface area (TPSA) is 39.2 Å². The third-order valence-corrected chi connectivity index (χ3v) is 2.12. The van der Waals surface area contributed by atoms with Crippen LogP contribution in [0.5, 0.6) is 0 Å². The van der Waals surface area contributed by atoms with Crippen LogP contribution >= 0.6 is 0 Å². The van der Waals surface area contributed by atoms with Gasteiger partial charge < -0.3 is 10.2 Å². The van der Waals surface area contributed by atoms with Crippen molar-refractivity contribution in [2.45, 2.75) is 6.92 Å². The molecule has 76 valence electrons. The second-order valence-corrected chi connectivity index (χ2v) is 3.33. The van der Waals surface area contributed by atoms with Crippen LogP contribution in [-0.4, -0.2) is 0 Å². The first-order valence-corrected chi connectivity index (χ1v) is 4.88. The molecule has 2 N–H and O–H groups in total. The summed E-state index contributed by atoms with van der Waals surface area (Å²) in [4.78, 5) is 0. The second kappa shape index (κ2) is 4.05. The van der Waals surface area contributed by atoms with Crippen LogP contribution in [0.4, 0.5) is 5.69 Å². The highest BCUT2D eigenvalue weighted by Gasteiger charge is 2.00.